The van der Waals surface area contributed by atoms with Crippen molar-refractivity contribution >= 4 is 11.6 Å². The number of rotatable bonds is 3. The highest BCUT2D eigenvalue weighted by Crippen LogP contribution is 2.15. The van der Waals surface area contributed by atoms with Crippen LogP contribution in [0.15, 0.2) is 77.6 Å². The van der Waals surface area contributed by atoms with Gasteiger partial charge in [-0.15, -0.1) is 0 Å². The molecule has 0 aliphatic heterocycles. The Balaban J connectivity index is 1.87. The van der Waals surface area contributed by atoms with E-state index in [2.05, 4.69) is 10.3 Å². The lowest BCUT2D eigenvalue weighted by molar-refractivity contribution is 0.102. The average Bonchev–Trinajstić information content (AvgIpc) is 2.56. The van der Waals surface area contributed by atoms with Crippen LogP contribution in [-0.2, 0) is 0 Å². The van der Waals surface area contributed by atoms with Gasteiger partial charge < -0.3 is 10.3 Å². The largest absolute Gasteiger partial charge is 0.322 e. The van der Waals surface area contributed by atoms with Gasteiger partial charge in [-0.25, -0.2) is 0 Å². The van der Waals surface area contributed by atoms with Gasteiger partial charge in [-0.05, 0) is 29.8 Å². The summed E-state index contributed by atoms with van der Waals surface area (Å²) >= 11 is 0. The fourth-order valence-electron chi connectivity index (χ4n) is 2.16. The zero-order chi connectivity index (χ0) is 15.4. The minimum absolute atomic E-state index is 0.0866. The van der Waals surface area contributed by atoms with Crippen molar-refractivity contribution in [3.05, 3.63) is 88.7 Å². The van der Waals surface area contributed by atoms with Crippen LogP contribution in [0.5, 0.6) is 0 Å². The summed E-state index contributed by atoms with van der Waals surface area (Å²) in [5, 5.41) is 2.70. The maximum atomic E-state index is 12.2. The van der Waals surface area contributed by atoms with Crippen molar-refractivity contribution in [2.45, 2.75) is 0 Å². The van der Waals surface area contributed by atoms with Gasteiger partial charge in [0.25, 0.3) is 11.5 Å². The van der Waals surface area contributed by atoms with E-state index in [1.54, 1.807) is 24.3 Å². The number of aromatic nitrogens is 1. The van der Waals surface area contributed by atoms with Gasteiger partial charge in [0.15, 0.2) is 0 Å². The van der Waals surface area contributed by atoms with Crippen LogP contribution in [-0.4, -0.2) is 10.9 Å². The van der Waals surface area contributed by atoms with E-state index in [-0.39, 0.29) is 5.56 Å². The molecule has 0 saturated heterocycles. The molecule has 108 valence electrons. The van der Waals surface area contributed by atoms with Crippen LogP contribution in [0.4, 0.5) is 5.69 Å². The van der Waals surface area contributed by atoms with E-state index in [1.807, 2.05) is 48.5 Å². The molecule has 1 heterocycles. The molecule has 0 fully saturated rings. The molecule has 0 radical (unpaired) electrons. The first-order valence-corrected chi connectivity index (χ1v) is 6.89. The number of H-pyrrole nitrogens is 1. The molecule has 3 aromatic rings. The maximum absolute atomic E-state index is 12.2. The molecule has 0 spiro atoms. The molecule has 0 aliphatic carbocycles. The molecule has 0 atom stereocenters. The molecule has 0 unspecified atom stereocenters. The molecule has 3 rings (SSSR count). The number of benzene rings is 2. The highest BCUT2D eigenvalue weighted by atomic mass is 16.2. The van der Waals surface area contributed by atoms with E-state index < -0.39 is 11.5 Å². The van der Waals surface area contributed by atoms with Crippen molar-refractivity contribution in [3.8, 4) is 11.3 Å². The summed E-state index contributed by atoms with van der Waals surface area (Å²) in [5.41, 5.74) is 1.91. The summed E-state index contributed by atoms with van der Waals surface area (Å²) in [6.07, 6.45) is 0. The Bertz CT molecular complexity index is 840. The minimum atomic E-state index is -0.424. The third kappa shape index (κ3) is 2.96. The zero-order valence-electron chi connectivity index (χ0n) is 11.7. The van der Waals surface area contributed by atoms with Crippen molar-refractivity contribution in [2.24, 2.45) is 0 Å². The quantitative estimate of drug-likeness (QED) is 0.777. The molecule has 0 aliphatic rings. The molecule has 4 nitrogen and oxygen atoms in total. The maximum Gasteiger partial charge on any atom is 0.261 e. The highest BCUT2D eigenvalue weighted by molar-refractivity contribution is 6.04. The highest BCUT2D eigenvalue weighted by Gasteiger charge is 2.11. The first-order valence-electron chi connectivity index (χ1n) is 6.89. The standard InChI is InChI=1S/C18H14N2O2/c21-17(19-14-9-5-2-6-10-14)15-11-12-16(20-18(15)22)13-7-3-1-4-8-13/h1-12H,(H,19,21)(H,20,22). The predicted molar refractivity (Wildman–Crippen MR) is 86.9 cm³/mol. The third-order valence-electron chi connectivity index (χ3n) is 3.27. The monoisotopic (exact) mass is 290 g/mol. The number of carbonyl (C=O) groups excluding carboxylic acids is 1. The van der Waals surface area contributed by atoms with Gasteiger partial charge in [0.2, 0.25) is 0 Å². The van der Waals surface area contributed by atoms with Gasteiger partial charge >= 0.3 is 0 Å². The van der Waals surface area contributed by atoms with Crippen molar-refractivity contribution in [1.29, 1.82) is 0 Å². The van der Waals surface area contributed by atoms with E-state index in [1.165, 1.54) is 0 Å². The Morgan fingerprint density at radius 3 is 2.09 bits per heavy atom. The van der Waals surface area contributed by atoms with Crippen LogP contribution in [0.1, 0.15) is 10.4 Å². The first kappa shape index (κ1) is 13.8. The molecule has 2 N–H and O–H groups in total. The van der Waals surface area contributed by atoms with Gasteiger partial charge in [0.05, 0.1) is 0 Å². The number of para-hydroxylation sites is 1. The molecule has 0 bridgehead atoms. The normalized spacial score (nSPS) is 10.2. The Morgan fingerprint density at radius 1 is 0.818 bits per heavy atom. The average molecular weight is 290 g/mol. The molecule has 0 saturated carbocycles. The van der Waals surface area contributed by atoms with Crippen molar-refractivity contribution in [1.82, 2.24) is 4.98 Å². The lowest BCUT2D eigenvalue weighted by Crippen LogP contribution is -2.23. The summed E-state index contributed by atoms with van der Waals surface area (Å²) in [4.78, 5) is 27.0. The van der Waals surface area contributed by atoms with Crippen molar-refractivity contribution in [3.63, 3.8) is 0 Å². The summed E-state index contributed by atoms with van der Waals surface area (Å²) in [6, 6.07) is 21.8. The van der Waals surface area contributed by atoms with Crippen molar-refractivity contribution in [2.75, 3.05) is 5.32 Å². The van der Waals surface area contributed by atoms with Gasteiger partial charge in [-0.1, -0.05) is 48.5 Å². The second-order valence-electron chi connectivity index (χ2n) is 4.80. The van der Waals surface area contributed by atoms with Gasteiger partial charge in [0.1, 0.15) is 5.56 Å². The number of anilines is 1. The fraction of sp³-hybridized carbons (Fsp3) is 0. The van der Waals surface area contributed by atoms with E-state index in [9.17, 15) is 9.59 Å². The SMILES string of the molecule is O=C(Nc1ccccc1)c1ccc(-c2ccccc2)[nH]c1=O. The molecule has 22 heavy (non-hydrogen) atoms. The molecule has 1 aromatic heterocycles. The summed E-state index contributed by atoms with van der Waals surface area (Å²) in [6.45, 7) is 0. The van der Waals surface area contributed by atoms with Crippen LogP contribution in [0.25, 0.3) is 11.3 Å². The predicted octanol–water partition coefficient (Wildman–Crippen LogP) is 3.29. The molecular formula is C18H14N2O2. The number of nitrogens with one attached hydrogen (secondary N) is 2. The van der Waals surface area contributed by atoms with E-state index >= 15 is 0 Å². The lowest BCUT2D eigenvalue weighted by Gasteiger charge is -2.06. The summed E-state index contributed by atoms with van der Waals surface area (Å²) in [5.74, 6) is -0.424. The molecular weight excluding hydrogens is 276 g/mol. The van der Waals surface area contributed by atoms with Gasteiger partial charge in [-0.2, -0.15) is 0 Å². The Kier molecular flexibility index (Phi) is 3.83. The Labute approximate surface area is 127 Å². The lowest BCUT2D eigenvalue weighted by atomic mass is 10.1. The van der Waals surface area contributed by atoms with E-state index in [4.69, 9.17) is 0 Å². The molecule has 2 aromatic carbocycles. The molecule has 1 amide bonds. The van der Waals surface area contributed by atoms with E-state index in [0.29, 0.717) is 11.4 Å². The number of aromatic amines is 1. The number of hydrogen-bond donors (Lipinski definition) is 2. The van der Waals surface area contributed by atoms with Gasteiger partial charge in [-0.3, -0.25) is 9.59 Å². The fourth-order valence-corrected chi connectivity index (χ4v) is 2.16. The van der Waals surface area contributed by atoms with Crippen LogP contribution in [0.2, 0.25) is 0 Å². The van der Waals surface area contributed by atoms with Crippen LogP contribution in [0.3, 0.4) is 0 Å². The Hall–Kier alpha value is -3.14. The Morgan fingerprint density at radius 2 is 1.45 bits per heavy atom. The number of pyridine rings is 1. The zero-order valence-corrected chi connectivity index (χ0v) is 11.7. The number of carbonyl (C=O) groups is 1. The van der Waals surface area contributed by atoms with Crippen LogP contribution in [0, 0.1) is 0 Å². The summed E-state index contributed by atoms with van der Waals surface area (Å²) < 4.78 is 0. The first-order chi connectivity index (χ1) is 10.7. The van der Waals surface area contributed by atoms with Gasteiger partial charge in [0, 0.05) is 11.4 Å². The van der Waals surface area contributed by atoms with Crippen LogP contribution >= 0.6 is 0 Å². The smallest absolute Gasteiger partial charge is 0.261 e. The second-order valence-corrected chi connectivity index (χ2v) is 4.80. The number of hydrogen-bond acceptors (Lipinski definition) is 2. The second kappa shape index (κ2) is 6.10. The number of amides is 1. The van der Waals surface area contributed by atoms with Crippen molar-refractivity contribution < 1.29 is 4.79 Å². The summed E-state index contributed by atoms with van der Waals surface area (Å²) in [7, 11) is 0. The third-order valence-corrected chi connectivity index (χ3v) is 3.27. The van der Waals surface area contributed by atoms with Crippen LogP contribution < -0.4 is 10.9 Å². The molecule has 4 heteroatoms. The minimum Gasteiger partial charge on any atom is -0.322 e. The topological polar surface area (TPSA) is 62.0 Å². The van der Waals surface area contributed by atoms with E-state index in [0.717, 1.165) is 5.56 Å².